The Bertz CT molecular complexity index is 601. The van der Waals surface area contributed by atoms with E-state index in [-0.39, 0.29) is 6.54 Å². The van der Waals surface area contributed by atoms with Gasteiger partial charge in [0, 0.05) is 37.2 Å². The van der Waals surface area contributed by atoms with Crippen LogP contribution in [0.5, 0.6) is 0 Å². The third kappa shape index (κ3) is 3.03. The molecule has 19 heavy (non-hydrogen) atoms. The molecule has 0 aliphatic carbocycles. The number of hydrogen-bond donors (Lipinski definition) is 1. The molecule has 2 aromatic rings. The third-order valence-corrected chi connectivity index (χ3v) is 3.12. The summed E-state index contributed by atoms with van der Waals surface area (Å²) in [7, 11) is 2.00. The Labute approximate surface area is 112 Å². The van der Waals surface area contributed by atoms with Gasteiger partial charge in [0.1, 0.15) is 0 Å². The van der Waals surface area contributed by atoms with Crippen molar-refractivity contribution in [1.82, 2.24) is 9.47 Å². The van der Waals surface area contributed by atoms with Gasteiger partial charge in [-0.1, -0.05) is 24.3 Å². The zero-order valence-electron chi connectivity index (χ0n) is 11.0. The number of nitrogens with zero attached hydrogens (tertiary/aromatic N) is 2. The SMILES string of the molecule is C=CCN(CC(=O)O)Cc1cn(C)c2ccccc12. The van der Waals surface area contributed by atoms with Crippen LogP contribution in [0.15, 0.2) is 43.1 Å². The highest BCUT2D eigenvalue weighted by molar-refractivity contribution is 5.83. The first-order chi connectivity index (χ1) is 9.11. The van der Waals surface area contributed by atoms with Crippen molar-refractivity contribution in [3.05, 3.63) is 48.7 Å². The number of benzene rings is 1. The normalized spacial score (nSPS) is 11.1. The van der Waals surface area contributed by atoms with Crippen molar-refractivity contribution < 1.29 is 9.90 Å². The highest BCUT2D eigenvalue weighted by atomic mass is 16.4. The fourth-order valence-corrected chi connectivity index (χ4v) is 2.35. The van der Waals surface area contributed by atoms with Gasteiger partial charge >= 0.3 is 5.97 Å². The highest BCUT2D eigenvalue weighted by Crippen LogP contribution is 2.21. The molecule has 0 aliphatic rings. The molecular weight excluding hydrogens is 240 g/mol. The second-order valence-electron chi connectivity index (χ2n) is 4.63. The first-order valence-electron chi connectivity index (χ1n) is 6.20. The Hall–Kier alpha value is -2.07. The smallest absolute Gasteiger partial charge is 0.317 e. The van der Waals surface area contributed by atoms with Gasteiger partial charge in [-0.25, -0.2) is 0 Å². The molecule has 4 nitrogen and oxygen atoms in total. The monoisotopic (exact) mass is 258 g/mol. The average molecular weight is 258 g/mol. The van der Waals surface area contributed by atoms with Crippen LogP contribution in [0.2, 0.25) is 0 Å². The summed E-state index contributed by atoms with van der Waals surface area (Å²) in [5, 5.41) is 10.1. The minimum absolute atomic E-state index is 0.0231. The van der Waals surface area contributed by atoms with Gasteiger partial charge in [0.05, 0.1) is 6.54 Å². The van der Waals surface area contributed by atoms with Gasteiger partial charge in [-0.2, -0.15) is 0 Å². The number of carbonyl (C=O) groups is 1. The molecule has 1 aromatic carbocycles. The molecule has 0 fully saturated rings. The van der Waals surface area contributed by atoms with E-state index in [9.17, 15) is 4.79 Å². The fraction of sp³-hybridized carbons (Fsp3) is 0.267. The van der Waals surface area contributed by atoms with Gasteiger partial charge < -0.3 is 9.67 Å². The minimum Gasteiger partial charge on any atom is -0.480 e. The van der Waals surface area contributed by atoms with Gasteiger partial charge in [-0.3, -0.25) is 9.69 Å². The zero-order valence-corrected chi connectivity index (χ0v) is 11.0. The number of carboxylic acid groups (broad SMARTS) is 1. The third-order valence-electron chi connectivity index (χ3n) is 3.12. The Balaban J connectivity index is 2.28. The van der Waals surface area contributed by atoms with Crippen molar-refractivity contribution in [3.8, 4) is 0 Å². The van der Waals surface area contributed by atoms with Crippen LogP contribution >= 0.6 is 0 Å². The molecule has 100 valence electrons. The maximum atomic E-state index is 10.9. The van der Waals surface area contributed by atoms with Crippen molar-refractivity contribution in [2.75, 3.05) is 13.1 Å². The lowest BCUT2D eigenvalue weighted by molar-refractivity contribution is -0.138. The Morgan fingerprint density at radius 2 is 2.21 bits per heavy atom. The van der Waals surface area contributed by atoms with E-state index in [2.05, 4.69) is 29.5 Å². The number of carboxylic acids is 1. The van der Waals surface area contributed by atoms with Crippen molar-refractivity contribution in [1.29, 1.82) is 0 Å². The number of aryl methyl sites for hydroxylation is 1. The van der Waals surface area contributed by atoms with Crippen LogP contribution in [0, 0.1) is 0 Å². The summed E-state index contributed by atoms with van der Waals surface area (Å²) in [4.78, 5) is 12.7. The molecule has 0 atom stereocenters. The van der Waals surface area contributed by atoms with E-state index in [4.69, 9.17) is 5.11 Å². The van der Waals surface area contributed by atoms with Crippen LogP contribution < -0.4 is 0 Å². The quantitative estimate of drug-likeness (QED) is 0.808. The summed E-state index contributed by atoms with van der Waals surface area (Å²) in [5.74, 6) is -0.818. The number of rotatable bonds is 6. The molecule has 0 saturated heterocycles. The summed E-state index contributed by atoms with van der Waals surface area (Å²) in [6, 6.07) is 8.14. The van der Waals surface area contributed by atoms with Gasteiger partial charge in [0.15, 0.2) is 0 Å². The van der Waals surface area contributed by atoms with Crippen LogP contribution in [-0.2, 0) is 18.4 Å². The molecule has 0 saturated carbocycles. The summed E-state index contributed by atoms with van der Waals surface area (Å²) in [5.41, 5.74) is 2.30. The summed E-state index contributed by atoms with van der Waals surface area (Å²) in [6.45, 7) is 4.88. The number of hydrogen-bond acceptors (Lipinski definition) is 2. The molecule has 0 aliphatic heterocycles. The van der Waals surface area contributed by atoms with E-state index in [1.165, 1.54) is 5.39 Å². The van der Waals surface area contributed by atoms with E-state index in [0.29, 0.717) is 13.1 Å². The molecular formula is C15H18N2O2. The van der Waals surface area contributed by atoms with E-state index in [1.807, 2.05) is 24.1 Å². The van der Waals surface area contributed by atoms with Crippen LogP contribution in [0.25, 0.3) is 10.9 Å². The van der Waals surface area contributed by atoms with E-state index < -0.39 is 5.97 Å². The molecule has 1 heterocycles. The maximum absolute atomic E-state index is 10.9. The van der Waals surface area contributed by atoms with Crippen LogP contribution in [0.1, 0.15) is 5.56 Å². The number of para-hydroxylation sites is 1. The van der Waals surface area contributed by atoms with Gasteiger partial charge in [-0.15, -0.1) is 6.58 Å². The van der Waals surface area contributed by atoms with Crippen LogP contribution in [0.4, 0.5) is 0 Å². The second kappa shape index (κ2) is 5.71. The van der Waals surface area contributed by atoms with E-state index in [1.54, 1.807) is 6.08 Å². The van der Waals surface area contributed by atoms with Crippen molar-refractivity contribution in [2.24, 2.45) is 7.05 Å². The number of fused-ring (bicyclic) bond motifs is 1. The average Bonchev–Trinajstić information content (AvgIpc) is 2.67. The largest absolute Gasteiger partial charge is 0.480 e. The molecule has 0 bridgehead atoms. The summed E-state index contributed by atoms with van der Waals surface area (Å²) in [6.07, 6.45) is 3.79. The molecule has 1 N–H and O–H groups in total. The molecule has 4 heteroatoms. The zero-order chi connectivity index (χ0) is 13.8. The van der Waals surface area contributed by atoms with Crippen LogP contribution in [-0.4, -0.2) is 33.6 Å². The minimum atomic E-state index is -0.818. The van der Waals surface area contributed by atoms with Crippen LogP contribution in [0.3, 0.4) is 0 Å². The molecule has 2 rings (SSSR count). The second-order valence-corrected chi connectivity index (χ2v) is 4.63. The molecule has 0 amide bonds. The van der Waals surface area contributed by atoms with Crippen molar-refractivity contribution in [3.63, 3.8) is 0 Å². The predicted octanol–water partition coefficient (Wildman–Crippen LogP) is 2.25. The number of aromatic nitrogens is 1. The molecule has 0 spiro atoms. The predicted molar refractivity (Wildman–Crippen MR) is 76.0 cm³/mol. The summed E-state index contributed by atoms with van der Waals surface area (Å²) < 4.78 is 2.07. The lowest BCUT2D eigenvalue weighted by atomic mass is 10.1. The highest BCUT2D eigenvalue weighted by Gasteiger charge is 2.12. The van der Waals surface area contributed by atoms with Gasteiger partial charge in [0.25, 0.3) is 0 Å². The van der Waals surface area contributed by atoms with E-state index in [0.717, 1.165) is 11.1 Å². The lowest BCUT2D eigenvalue weighted by Gasteiger charge is -2.17. The molecule has 0 radical (unpaired) electrons. The van der Waals surface area contributed by atoms with Gasteiger partial charge in [-0.05, 0) is 11.6 Å². The standard InChI is InChI=1S/C15H18N2O2/c1-3-8-17(11-15(18)19)10-12-9-16(2)14-7-5-4-6-13(12)14/h3-7,9H,1,8,10-11H2,2H3,(H,18,19). The lowest BCUT2D eigenvalue weighted by Crippen LogP contribution is -2.29. The maximum Gasteiger partial charge on any atom is 0.317 e. The first-order valence-corrected chi connectivity index (χ1v) is 6.20. The van der Waals surface area contributed by atoms with E-state index >= 15 is 0 Å². The first kappa shape index (κ1) is 13.4. The van der Waals surface area contributed by atoms with Gasteiger partial charge in [0.2, 0.25) is 0 Å². The Morgan fingerprint density at radius 3 is 2.89 bits per heavy atom. The molecule has 0 unspecified atom stereocenters. The summed E-state index contributed by atoms with van der Waals surface area (Å²) >= 11 is 0. The van der Waals surface area contributed by atoms with Crippen molar-refractivity contribution >= 4 is 16.9 Å². The Kier molecular flexibility index (Phi) is 4.02. The fourth-order valence-electron chi connectivity index (χ4n) is 2.35. The topological polar surface area (TPSA) is 45.5 Å². The number of aliphatic carboxylic acids is 1. The molecule has 1 aromatic heterocycles. The Morgan fingerprint density at radius 1 is 1.47 bits per heavy atom. The van der Waals surface area contributed by atoms with Crippen molar-refractivity contribution in [2.45, 2.75) is 6.54 Å².